The first-order valence-electron chi connectivity index (χ1n) is 8.91. The number of halogens is 1. The van der Waals surface area contributed by atoms with Gasteiger partial charge in [0.25, 0.3) is 0 Å². The van der Waals surface area contributed by atoms with E-state index in [1.807, 2.05) is 0 Å². The second-order valence-electron chi connectivity index (χ2n) is 6.49. The highest BCUT2D eigenvalue weighted by molar-refractivity contribution is 7.89. The maximum absolute atomic E-state index is 12.5. The highest BCUT2D eigenvalue weighted by atomic mass is 35.5. The third-order valence-corrected chi connectivity index (χ3v) is 6.19. The van der Waals surface area contributed by atoms with Crippen LogP contribution in [-0.2, 0) is 21.4 Å². The molecule has 0 radical (unpaired) electrons. The molecular formula is C19H17ClN4O4S. The fourth-order valence-electron chi connectivity index (χ4n) is 3.01. The van der Waals surface area contributed by atoms with Gasteiger partial charge in [-0.1, -0.05) is 16.8 Å². The minimum atomic E-state index is -3.77. The van der Waals surface area contributed by atoms with Gasteiger partial charge in [0.15, 0.2) is 0 Å². The summed E-state index contributed by atoms with van der Waals surface area (Å²) < 4.78 is 32.6. The minimum Gasteiger partial charge on any atom is -0.338 e. The predicted molar refractivity (Wildman–Crippen MR) is 107 cm³/mol. The van der Waals surface area contributed by atoms with Crippen LogP contribution in [0, 0.1) is 0 Å². The van der Waals surface area contributed by atoms with E-state index in [1.54, 1.807) is 41.3 Å². The Morgan fingerprint density at radius 2 is 1.83 bits per heavy atom. The van der Waals surface area contributed by atoms with Crippen molar-refractivity contribution < 1.29 is 17.7 Å². The molecule has 1 saturated heterocycles. The van der Waals surface area contributed by atoms with Crippen molar-refractivity contribution in [1.82, 2.24) is 14.9 Å². The molecule has 150 valence electrons. The normalized spacial score (nSPS) is 14.5. The van der Waals surface area contributed by atoms with Crippen LogP contribution in [0.5, 0.6) is 0 Å². The van der Waals surface area contributed by atoms with Crippen LogP contribution in [-0.4, -0.2) is 31.0 Å². The number of nitrogens with one attached hydrogen (secondary N) is 1. The standard InChI is InChI=1S/C19H17ClN4O4S/c20-14-5-3-13(4-6-14)19-22-17(28-23-19)12-21-29(26,27)16-9-7-15(8-10-16)24-11-1-2-18(24)25/h3-10,21H,1-2,11-12H2. The summed E-state index contributed by atoms with van der Waals surface area (Å²) in [5.41, 5.74) is 1.40. The number of hydrogen-bond donors (Lipinski definition) is 1. The van der Waals surface area contributed by atoms with Crippen molar-refractivity contribution in [2.45, 2.75) is 24.3 Å². The van der Waals surface area contributed by atoms with E-state index in [-0.39, 0.29) is 23.2 Å². The second kappa shape index (κ2) is 7.94. The molecule has 0 spiro atoms. The van der Waals surface area contributed by atoms with E-state index >= 15 is 0 Å². The molecule has 1 aromatic heterocycles. The molecule has 2 heterocycles. The molecule has 29 heavy (non-hydrogen) atoms. The van der Waals surface area contributed by atoms with Gasteiger partial charge < -0.3 is 9.42 Å². The van der Waals surface area contributed by atoms with Gasteiger partial charge in [-0.2, -0.15) is 4.98 Å². The number of amides is 1. The third-order valence-electron chi connectivity index (χ3n) is 4.52. The summed E-state index contributed by atoms with van der Waals surface area (Å²) >= 11 is 5.86. The summed E-state index contributed by atoms with van der Waals surface area (Å²) in [5.74, 6) is 0.528. The number of benzene rings is 2. The molecule has 2 aromatic carbocycles. The average Bonchev–Trinajstić information content (AvgIpc) is 3.36. The van der Waals surface area contributed by atoms with Gasteiger partial charge in [-0.25, -0.2) is 13.1 Å². The largest absolute Gasteiger partial charge is 0.338 e. The Hall–Kier alpha value is -2.75. The molecule has 3 aromatic rings. The van der Waals surface area contributed by atoms with Gasteiger partial charge in [-0.3, -0.25) is 4.79 Å². The molecule has 4 rings (SSSR count). The zero-order valence-corrected chi connectivity index (χ0v) is 16.8. The number of carbonyl (C=O) groups excluding carboxylic acids is 1. The molecule has 0 saturated carbocycles. The van der Waals surface area contributed by atoms with Crippen molar-refractivity contribution in [1.29, 1.82) is 0 Å². The highest BCUT2D eigenvalue weighted by Gasteiger charge is 2.22. The molecule has 1 N–H and O–H groups in total. The second-order valence-corrected chi connectivity index (χ2v) is 8.69. The molecule has 1 aliphatic rings. The van der Waals surface area contributed by atoms with Crippen LogP contribution in [0.2, 0.25) is 5.02 Å². The van der Waals surface area contributed by atoms with Crippen LogP contribution in [0.1, 0.15) is 18.7 Å². The first-order chi connectivity index (χ1) is 13.9. The summed E-state index contributed by atoms with van der Waals surface area (Å²) in [6.45, 7) is 0.506. The first-order valence-corrected chi connectivity index (χ1v) is 10.8. The van der Waals surface area contributed by atoms with Crippen molar-refractivity contribution in [2.24, 2.45) is 0 Å². The molecule has 1 fully saturated rings. The highest BCUT2D eigenvalue weighted by Crippen LogP contribution is 2.23. The summed E-state index contributed by atoms with van der Waals surface area (Å²) in [6, 6.07) is 13.1. The molecule has 1 amide bonds. The van der Waals surface area contributed by atoms with E-state index in [2.05, 4.69) is 14.9 Å². The van der Waals surface area contributed by atoms with E-state index in [0.717, 1.165) is 6.42 Å². The van der Waals surface area contributed by atoms with Crippen molar-refractivity contribution in [3.05, 3.63) is 59.4 Å². The van der Waals surface area contributed by atoms with Crippen LogP contribution in [0.4, 0.5) is 5.69 Å². The maximum Gasteiger partial charge on any atom is 0.242 e. The SMILES string of the molecule is O=C1CCCN1c1ccc(S(=O)(=O)NCc2nc(-c3ccc(Cl)cc3)no2)cc1. The lowest BCUT2D eigenvalue weighted by atomic mass is 10.2. The van der Waals surface area contributed by atoms with Gasteiger partial charge in [0.05, 0.1) is 11.4 Å². The van der Waals surface area contributed by atoms with E-state index in [9.17, 15) is 13.2 Å². The van der Waals surface area contributed by atoms with Gasteiger partial charge in [-0.05, 0) is 55.0 Å². The fraction of sp³-hybridized carbons (Fsp3) is 0.211. The molecular weight excluding hydrogens is 416 g/mol. The van der Waals surface area contributed by atoms with Crippen LogP contribution in [0.25, 0.3) is 11.4 Å². The number of aromatic nitrogens is 2. The number of carbonyl (C=O) groups is 1. The van der Waals surface area contributed by atoms with Gasteiger partial charge >= 0.3 is 0 Å². The van der Waals surface area contributed by atoms with Gasteiger partial charge in [-0.15, -0.1) is 0 Å². The Kier molecular flexibility index (Phi) is 5.35. The van der Waals surface area contributed by atoms with Crippen LogP contribution >= 0.6 is 11.6 Å². The Balaban J connectivity index is 1.42. The van der Waals surface area contributed by atoms with Gasteiger partial charge in [0, 0.05) is 29.2 Å². The number of hydrogen-bond acceptors (Lipinski definition) is 6. The van der Waals surface area contributed by atoms with Crippen molar-refractivity contribution in [2.75, 3.05) is 11.4 Å². The van der Waals surface area contributed by atoms with Crippen LogP contribution < -0.4 is 9.62 Å². The summed E-state index contributed by atoms with van der Waals surface area (Å²) in [6.07, 6.45) is 1.33. The molecule has 0 aliphatic carbocycles. The Morgan fingerprint density at radius 1 is 1.10 bits per heavy atom. The molecule has 8 nitrogen and oxygen atoms in total. The van der Waals surface area contributed by atoms with E-state index in [1.165, 1.54) is 12.1 Å². The zero-order valence-electron chi connectivity index (χ0n) is 15.2. The fourth-order valence-corrected chi connectivity index (χ4v) is 4.11. The van der Waals surface area contributed by atoms with Crippen LogP contribution in [0.15, 0.2) is 57.9 Å². The molecule has 0 atom stereocenters. The predicted octanol–water partition coefficient (Wildman–Crippen LogP) is 3.00. The first kappa shape index (κ1) is 19.6. The Bertz CT molecular complexity index is 1130. The van der Waals surface area contributed by atoms with Gasteiger partial charge in [0.2, 0.25) is 27.6 Å². The maximum atomic E-state index is 12.5. The topological polar surface area (TPSA) is 105 Å². The molecule has 10 heteroatoms. The van der Waals surface area contributed by atoms with Gasteiger partial charge in [0.1, 0.15) is 0 Å². The van der Waals surface area contributed by atoms with Crippen molar-refractivity contribution in [3.63, 3.8) is 0 Å². The lowest BCUT2D eigenvalue weighted by Crippen LogP contribution is -2.25. The van der Waals surface area contributed by atoms with E-state index < -0.39 is 10.0 Å². The number of anilines is 1. The van der Waals surface area contributed by atoms with E-state index in [0.29, 0.717) is 35.1 Å². The number of rotatable bonds is 6. The zero-order chi connectivity index (χ0) is 20.4. The molecule has 1 aliphatic heterocycles. The third kappa shape index (κ3) is 4.31. The van der Waals surface area contributed by atoms with Crippen molar-refractivity contribution >= 4 is 33.2 Å². The minimum absolute atomic E-state index is 0.0478. The average molecular weight is 433 g/mol. The monoisotopic (exact) mass is 432 g/mol. The Morgan fingerprint density at radius 3 is 2.48 bits per heavy atom. The summed E-state index contributed by atoms with van der Waals surface area (Å²) in [5, 5.41) is 4.44. The summed E-state index contributed by atoms with van der Waals surface area (Å²) in [7, 11) is -3.77. The summed E-state index contributed by atoms with van der Waals surface area (Å²) in [4.78, 5) is 17.7. The number of nitrogens with zero attached hydrogens (tertiary/aromatic N) is 3. The van der Waals surface area contributed by atoms with Crippen molar-refractivity contribution in [3.8, 4) is 11.4 Å². The Labute approximate surface area is 172 Å². The lowest BCUT2D eigenvalue weighted by Gasteiger charge is -2.15. The quantitative estimate of drug-likeness (QED) is 0.641. The van der Waals surface area contributed by atoms with Crippen LogP contribution in [0.3, 0.4) is 0 Å². The smallest absolute Gasteiger partial charge is 0.242 e. The molecule has 0 unspecified atom stereocenters. The molecule has 0 bridgehead atoms. The number of sulfonamides is 1. The lowest BCUT2D eigenvalue weighted by molar-refractivity contribution is -0.117. The van der Waals surface area contributed by atoms with E-state index in [4.69, 9.17) is 16.1 Å².